The van der Waals surface area contributed by atoms with Crippen molar-refractivity contribution in [3.63, 3.8) is 0 Å². The van der Waals surface area contributed by atoms with Crippen LogP contribution in [0, 0.1) is 0 Å². The van der Waals surface area contributed by atoms with Crippen LogP contribution in [-0.2, 0) is 4.74 Å². The van der Waals surface area contributed by atoms with Gasteiger partial charge in [0.15, 0.2) is 0 Å². The minimum Gasteiger partial charge on any atom is -0.375 e. The fourth-order valence-electron chi connectivity index (χ4n) is 3.56. The molecule has 2 heterocycles. The first-order chi connectivity index (χ1) is 10.6. The van der Waals surface area contributed by atoms with Gasteiger partial charge in [0, 0.05) is 24.9 Å². The van der Waals surface area contributed by atoms with Gasteiger partial charge in [-0.2, -0.15) is 5.10 Å². The maximum atomic E-state index is 12.2. The molecule has 1 aliphatic heterocycles. The van der Waals surface area contributed by atoms with Gasteiger partial charge in [0.2, 0.25) is 0 Å². The summed E-state index contributed by atoms with van der Waals surface area (Å²) in [7, 11) is 0. The van der Waals surface area contributed by atoms with Crippen molar-refractivity contribution >= 4 is 11.7 Å². The summed E-state index contributed by atoms with van der Waals surface area (Å²) in [6.45, 7) is 4.86. The zero-order valence-corrected chi connectivity index (χ0v) is 13.5. The predicted octanol–water partition coefficient (Wildman–Crippen LogP) is 3.08. The number of nitrogens with one attached hydrogen (secondary N) is 2. The fourth-order valence-corrected chi connectivity index (χ4v) is 3.56. The minimum atomic E-state index is -0.150. The van der Waals surface area contributed by atoms with Gasteiger partial charge in [0.1, 0.15) is 0 Å². The number of carbonyl (C=O) groups excluding carboxylic acids is 1. The zero-order chi connectivity index (χ0) is 15.6. The van der Waals surface area contributed by atoms with Crippen molar-refractivity contribution in [3.05, 3.63) is 12.4 Å². The van der Waals surface area contributed by atoms with E-state index in [1.165, 1.54) is 12.8 Å². The molecule has 0 bridgehead atoms. The van der Waals surface area contributed by atoms with Crippen LogP contribution in [0.1, 0.15) is 58.4 Å². The number of anilines is 1. The Balaban J connectivity index is 1.52. The molecule has 0 radical (unpaired) electrons. The smallest absolute Gasteiger partial charge is 0.319 e. The van der Waals surface area contributed by atoms with Gasteiger partial charge in [0.05, 0.1) is 17.5 Å². The molecule has 2 fully saturated rings. The molecular weight excluding hydrogens is 280 g/mol. The van der Waals surface area contributed by atoms with Crippen LogP contribution in [0.2, 0.25) is 0 Å². The lowest BCUT2D eigenvalue weighted by atomic mass is 9.89. The third-order valence-corrected chi connectivity index (χ3v) is 4.73. The van der Waals surface area contributed by atoms with Crippen LogP contribution in [0.4, 0.5) is 10.5 Å². The molecule has 1 aliphatic carbocycles. The van der Waals surface area contributed by atoms with E-state index in [9.17, 15) is 4.79 Å². The Morgan fingerprint density at radius 2 is 2.23 bits per heavy atom. The van der Waals surface area contributed by atoms with Crippen LogP contribution in [0.15, 0.2) is 12.4 Å². The lowest BCUT2D eigenvalue weighted by molar-refractivity contribution is -0.0818. The number of ether oxygens (including phenoxy) is 1. The maximum Gasteiger partial charge on any atom is 0.319 e. The van der Waals surface area contributed by atoms with Crippen LogP contribution >= 0.6 is 0 Å². The van der Waals surface area contributed by atoms with E-state index in [-0.39, 0.29) is 23.7 Å². The number of urea groups is 1. The molecule has 1 unspecified atom stereocenters. The van der Waals surface area contributed by atoms with E-state index >= 15 is 0 Å². The number of nitrogens with zero attached hydrogens (tertiary/aromatic N) is 2. The second-order valence-corrected chi connectivity index (χ2v) is 6.83. The third-order valence-electron chi connectivity index (χ3n) is 4.73. The summed E-state index contributed by atoms with van der Waals surface area (Å²) < 4.78 is 7.83. The Morgan fingerprint density at radius 3 is 2.91 bits per heavy atom. The molecule has 2 N–H and O–H groups in total. The summed E-state index contributed by atoms with van der Waals surface area (Å²) in [5.74, 6) is 0. The monoisotopic (exact) mass is 306 g/mol. The lowest BCUT2D eigenvalue weighted by Crippen LogP contribution is -2.48. The first kappa shape index (κ1) is 15.3. The van der Waals surface area contributed by atoms with Crippen molar-refractivity contribution < 1.29 is 9.53 Å². The molecule has 1 aromatic heterocycles. The second kappa shape index (κ2) is 6.28. The van der Waals surface area contributed by atoms with Gasteiger partial charge in [0.25, 0.3) is 0 Å². The van der Waals surface area contributed by atoms with Crippen LogP contribution in [-0.4, -0.2) is 34.1 Å². The molecule has 0 aromatic carbocycles. The number of amides is 2. The van der Waals surface area contributed by atoms with E-state index < -0.39 is 0 Å². The minimum absolute atomic E-state index is 0.0265. The van der Waals surface area contributed by atoms with Crippen molar-refractivity contribution in [1.82, 2.24) is 15.1 Å². The quantitative estimate of drug-likeness (QED) is 0.901. The van der Waals surface area contributed by atoms with E-state index in [0.717, 1.165) is 38.0 Å². The van der Waals surface area contributed by atoms with Crippen LogP contribution in [0.25, 0.3) is 0 Å². The van der Waals surface area contributed by atoms with Gasteiger partial charge in [-0.3, -0.25) is 4.68 Å². The molecule has 1 saturated carbocycles. The van der Waals surface area contributed by atoms with Crippen LogP contribution in [0.3, 0.4) is 0 Å². The molecule has 6 nitrogen and oxygen atoms in total. The molecule has 22 heavy (non-hydrogen) atoms. The topological polar surface area (TPSA) is 68.2 Å². The number of aromatic nitrogens is 2. The van der Waals surface area contributed by atoms with Crippen LogP contribution < -0.4 is 10.6 Å². The Kier molecular flexibility index (Phi) is 4.38. The highest BCUT2D eigenvalue weighted by Gasteiger charge is 2.40. The van der Waals surface area contributed by atoms with E-state index in [4.69, 9.17) is 4.74 Å². The highest BCUT2D eigenvalue weighted by molar-refractivity contribution is 5.89. The lowest BCUT2D eigenvalue weighted by Gasteiger charge is -2.38. The van der Waals surface area contributed by atoms with E-state index in [0.29, 0.717) is 0 Å². The molecule has 122 valence electrons. The summed E-state index contributed by atoms with van der Waals surface area (Å²) in [6, 6.07) is 0.340. The summed E-state index contributed by atoms with van der Waals surface area (Å²) in [5, 5.41) is 10.2. The molecule has 3 rings (SSSR count). The van der Waals surface area contributed by atoms with Gasteiger partial charge < -0.3 is 15.4 Å². The van der Waals surface area contributed by atoms with Gasteiger partial charge in [-0.15, -0.1) is 0 Å². The van der Waals surface area contributed by atoms with Gasteiger partial charge >= 0.3 is 6.03 Å². The Bertz CT molecular complexity index is 520. The average Bonchev–Trinajstić information content (AvgIpc) is 3.09. The standard InChI is InChI=1S/C16H26N4O2/c1-12(2)20-11-14(10-17-20)19-15(21)18-13-5-8-22-16(9-13)6-3-4-7-16/h10-13H,3-9H2,1-2H3,(H2,18,19,21). The fraction of sp³-hybridized carbons (Fsp3) is 0.750. The highest BCUT2D eigenvalue weighted by Crippen LogP contribution is 2.39. The zero-order valence-electron chi connectivity index (χ0n) is 13.5. The number of carbonyl (C=O) groups is 1. The number of rotatable bonds is 3. The summed E-state index contributed by atoms with van der Waals surface area (Å²) in [6.07, 6.45) is 10.1. The first-order valence-corrected chi connectivity index (χ1v) is 8.32. The van der Waals surface area contributed by atoms with E-state index in [1.54, 1.807) is 6.20 Å². The Morgan fingerprint density at radius 1 is 1.45 bits per heavy atom. The van der Waals surface area contributed by atoms with Gasteiger partial charge in [-0.25, -0.2) is 4.79 Å². The van der Waals surface area contributed by atoms with Crippen molar-refractivity contribution in [1.29, 1.82) is 0 Å². The molecule has 2 amide bonds. The van der Waals surface area contributed by atoms with Crippen LogP contribution in [0.5, 0.6) is 0 Å². The maximum absolute atomic E-state index is 12.2. The molecular formula is C16H26N4O2. The molecule has 2 aliphatic rings. The predicted molar refractivity (Wildman–Crippen MR) is 84.9 cm³/mol. The normalized spacial score (nSPS) is 23.9. The molecule has 1 atom stereocenters. The Labute approximate surface area is 131 Å². The van der Waals surface area contributed by atoms with Gasteiger partial charge in [-0.1, -0.05) is 12.8 Å². The SMILES string of the molecule is CC(C)n1cc(NC(=O)NC2CCOC3(CCCC3)C2)cn1. The Hall–Kier alpha value is -1.56. The largest absolute Gasteiger partial charge is 0.375 e. The van der Waals surface area contributed by atoms with Crippen molar-refractivity contribution in [2.24, 2.45) is 0 Å². The number of hydrogen-bond donors (Lipinski definition) is 2. The van der Waals surface area contributed by atoms with Crippen molar-refractivity contribution in [3.8, 4) is 0 Å². The van der Waals surface area contributed by atoms with E-state index in [2.05, 4.69) is 29.6 Å². The average molecular weight is 306 g/mol. The molecule has 1 saturated heterocycles. The summed E-state index contributed by atoms with van der Waals surface area (Å²) >= 11 is 0. The van der Waals surface area contributed by atoms with E-state index in [1.807, 2.05) is 10.9 Å². The highest BCUT2D eigenvalue weighted by atomic mass is 16.5. The van der Waals surface area contributed by atoms with Crippen molar-refractivity contribution in [2.75, 3.05) is 11.9 Å². The summed E-state index contributed by atoms with van der Waals surface area (Å²) in [4.78, 5) is 12.2. The molecule has 1 aromatic rings. The first-order valence-electron chi connectivity index (χ1n) is 8.32. The molecule has 1 spiro atoms. The third kappa shape index (κ3) is 3.43. The molecule has 6 heteroatoms. The second-order valence-electron chi connectivity index (χ2n) is 6.83. The van der Waals surface area contributed by atoms with Gasteiger partial charge in [-0.05, 0) is 39.5 Å². The van der Waals surface area contributed by atoms with Crippen molar-refractivity contribution in [2.45, 2.75) is 70.1 Å². The number of hydrogen-bond acceptors (Lipinski definition) is 3. The summed E-state index contributed by atoms with van der Waals surface area (Å²) in [5.41, 5.74) is 0.757.